The monoisotopic (exact) mass is 326 g/mol. The van der Waals surface area contributed by atoms with Crippen LogP contribution in [0.3, 0.4) is 0 Å². The first-order chi connectivity index (χ1) is 9.97. The molecule has 0 spiro atoms. The molecule has 1 aromatic carbocycles. The number of nitrogens with zero attached hydrogens (tertiary/aromatic N) is 2. The van der Waals surface area contributed by atoms with Crippen molar-refractivity contribution in [2.24, 2.45) is 16.1 Å². The number of hydrogen-bond donors (Lipinski definition) is 2. The second-order valence-electron chi connectivity index (χ2n) is 4.45. The van der Waals surface area contributed by atoms with Gasteiger partial charge in [-0.05, 0) is 24.6 Å². The summed E-state index contributed by atoms with van der Waals surface area (Å²) in [7, 11) is 0. The first-order valence-electron chi connectivity index (χ1n) is 6.08. The van der Waals surface area contributed by atoms with Crippen LogP contribution in [0.25, 0.3) is 0 Å². The molecule has 0 unspecified atom stereocenters. The highest BCUT2D eigenvalue weighted by atomic mass is 35.5. The van der Waals surface area contributed by atoms with Crippen molar-refractivity contribution in [1.29, 1.82) is 0 Å². The van der Waals surface area contributed by atoms with E-state index in [9.17, 15) is 9.59 Å². The first kappa shape index (κ1) is 15.5. The molecule has 1 aliphatic heterocycles. The van der Waals surface area contributed by atoms with Crippen LogP contribution in [-0.2, 0) is 9.59 Å². The van der Waals surface area contributed by atoms with Crippen LogP contribution in [0.15, 0.2) is 28.4 Å². The van der Waals surface area contributed by atoms with Crippen molar-refractivity contribution in [3.8, 4) is 0 Å². The van der Waals surface area contributed by atoms with Crippen LogP contribution in [0.4, 0.5) is 0 Å². The first-order valence-corrected chi connectivity index (χ1v) is 6.84. The van der Waals surface area contributed by atoms with Crippen molar-refractivity contribution in [3.63, 3.8) is 0 Å². The predicted molar refractivity (Wildman–Crippen MR) is 81.6 cm³/mol. The molecule has 2 N–H and O–H groups in total. The van der Waals surface area contributed by atoms with Crippen LogP contribution in [0, 0.1) is 5.92 Å². The lowest BCUT2D eigenvalue weighted by atomic mass is 10.0. The molecule has 6 nitrogen and oxygen atoms in total. The molecule has 2 rings (SSSR count). The number of amides is 2. The van der Waals surface area contributed by atoms with Gasteiger partial charge in [0.1, 0.15) is 0 Å². The van der Waals surface area contributed by atoms with Gasteiger partial charge in [-0.1, -0.05) is 29.3 Å². The Morgan fingerprint density at radius 3 is 2.86 bits per heavy atom. The van der Waals surface area contributed by atoms with Crippen LogP contribution in [-0.4, -0.2) is 23.7 Å². The molecule has 1 aliphatic rings. The number of halogens is 2. The summed E-state index contributed by atoms with van der Waals surface area (Å²) in [5.41, 5.74) is 5.96. The number of rotatable bonds is 4. The van der Waals surface area contributed by atoms with Gasteiger partial charge in [-0.3, -0.25) is 9.59 Å². The third-order valence-electron chi connectivity index (χ3n) is 2.90. The molecular weight excluding hydrogens is 315 g/mol. The highest BCUT2D eigenvalue weighted by molar-refractivity contribution is 6.42. The number of carbonyl (C=O) groups excluding carboxylic acids is 2. The fraction of sp³-hybridized carbons (Fsp3) is 0.231. The fourth-order valence-corrected chi connectivity index (χ4v) is 2.04. The molecule has 0 saturated heterocycles. The zero-order valence-corrected chi connectivity index (χ0v) is 12.6. The molecule has 0 radical (unpaired) electrons. The second-order valence-corrected chi connectivity index (χ2v) is 5.27. The SMILES string of the molecule is CC1=NNC(=O)[C@H]1CC(=O)N/N=C\c1ccc(Cl)c(Cl)c1. The van der Waals surface area contributed by atoms with Crippen molar-refractivity contribution in [2.45, 2.75) is 13.3 Å². The molecule has 0 aromatic heterocycles. The highest BCUT2D eigenvalue weighted by Gasteiger charge is 2.28. The zero-order chi connectivity index (χ0) is 15.4. The Morgan fingerprint density at radius 2 is 2.24 bits per heavy atom. The molecule has 0 fully saturated rings. The highest BCUT2D eigenvalue weighted by Crippen LogP contribution is 2.21. The predicted octanol–water partition coefficient (Wildman–Crippen LogP) is 1.96. The molecule has 0 bridgehead atoms. The van der Waals surface area contributed by atoms with E-state index in [-0.39, 0.29) is 18.2 Å². The lowest BCUT2D eigenvalue weighted by Gasteiger charge is -2.05. The largest absolute Gasteiger partial charge is 0.273 e. The normalized spacial score (nSPS) is 17.8. The minimum absolute atomic E-state index is 0.000118. The standard InChI is InChI=1S/C13H12Cl2N4O2/c1-7-9(13(21)19-17-7)5-12(20)18-16-6-8-2-3-10(14)11(15)4-8/h2-4,6,9H,5H2,1H3,(H,18,20)(H,19,21)/b16-6-/t9-/m0/s1. The summed E-state index contributed by atoms with van der Waals surface area (Å²) < 4.78 is 0. The summed E-state index contributed by atoms with van der Waals surface area (Å²) in [6.45, 7) is 1.69. The third-order valence-corrected chi connectivity index (χ3v) is 3.64. The molecule has 1 atom stereocenters. The van der Waals surface area contributed by atoms with E-state index >= 15 is 0 Å². The van der Waals surface area contributed by atoms with Gasteiger partial charge in [-0.15, -0.1) is 0 Å². The summed E-state index contributed by atoms with van der Waals surface area (Å²) in [6.07, 6.45) is 1.44. The van der Waals surface area contributed by atoms with Crippen molar-refractivity contribution in [3.05, 3.63) is 33.8 Å². The lowest BCUT2D eigenvalue weighted by molar-refractivity contribution is -0.127. The van der Waals surface area contributed by atoms with Gasteiger partial charge in [-0.2, -0.15) is 10.2 Å². The Kier molecular flexibility index (Phi) is 4.93. The molecule has 110 valence electrons. The van der Waals surface area contributed by atoms with Gasteiger partial charge in [-0.25, -0.2) is 10.9 Å². The molecule has 8 heteroatoms. The van der Waals surface area contributed by atoms with Gasteiger partial charge in [0.15, 0.2) is 0 Å². The minimum Gasteiger partial charge on any atom is -0.273 e. The van der Waals surface area contributed by atoms with Gasteiger partial charge < -0.3 is 0 Å². The average molecular weight is 327 g/mol. The van der Waals surface area contributed by atoms with Crippen LogP contribution in [0.2, 0.25) is 10.0 Å². The van der Waals surface area contributed by atoms with Gasteiger partial charge in [0.05, 0.1) is 22.2 Å². The maximum atomic E-state index is 11.7. The van der Waals surface area contributed by atoms with Crippen LogP contribution in [0.1, 0.15) is 18.9 Å². The Hall–Kier alpha value is -1.92. The minimum atomic E-state index is -0.537. The molecule has 2 amide bonds. The van der Waals surface area contributed by atoms with Gasteiger partial charge in [0.2, 0.25) is 11.8 Å². The lowest BCUT2D eigenvalue weighted by Crippen LogP contribution is -2.29. The smallest absolute Gasteiger partial charge is 0.249 e. The van der Waals surface area contributed by atoms with Gasteiger partial charge in [0.25, 0.3) is 0 Å². The van der Waals surface area contributed by atoms with Crippen molar-refractivity contribution >= 4 is 46.9 Å². The van der Waals surface area contributed by atoms with E-state index < -0.39 is 5.92 Å². The topological polar surface area (TPSA) is 82.9 Å². The van der Waals surface area contributed by atoms with Gasteiger partial charge >= 0.3 is 0 Å². The Balaban J connectivity index is 1.89. The third kappa shape index (κ3) is 4.03. The van der Waals surface area contributed by atoms with Crippen LogP contribution in [0.5, 0.6) is 0 Å². The van der Waals surface area contributed by atoms with E-state index in [4.69, 9.17) is 23.2 Å². The molecule has 0 saturated carbocycles. The summed E-state index contributed by atoms with van der Waals surface area (Å²) in [6, 6.07) is 4.97. The maximum absolute atomic E-state index is 11.7. The number of hydrazone groups is 2. The van der Waals surface area contributed by atoms with Crippen molar-refractivity contribution < 1.29 is 9.59 Å². The molecule has 0 aliphatic carbocycles. The second kappa shape index (κ2) is 6.69. The van der Waals surface area contributed by atoms with E-state index in [1.807, 2.05) is 0 Å². The molecule has 1 aromatic rings. The van der Waals surface area contributed by atoms with Gasteiger partial charge in [0, 0.05) is 12.1 Å². The van der Waals surface area contributed by atoms with E-state index in [0.717, 1.165) is 0 Å². The van der Waals surface area contributed by atoms with E-state index in [2.05, 4.69) is 21.1 Å². The number of hydrogen-bond acceptors (Lipinski definition) is 4. The number of nitrogens with one attached hydrogen (secondary N) is 2. The zero-order valence-electron chi connectivity index (χ0n) is 11.1. The average Bonchev–Trinajstić information content (AvgIpc) is 2.75. The Morgan fingerprint density at radius 1 is 1.48 bits per heavy atom. The summed E-state index contributed by atoms with van der Waals surface area (Å²) in [5.74, 6) is -1.19. The quantitative estimate of drug-likeness (QED) is 0.654. The molecule has 21 heavy (non-hydrogen) atoms. The van der Waals surface area contributed by atoms with E-state index in [1.54, 1.807) is 25.1 Å². The van der Waals surface area contributed by atoms with Crippen LogP contribution < -0.4 is 10.9 Å². The Bertz CT molecular complexity index is 643. The molecule has 1 heterocycles. The summed E-state index contributed by atoms with van der Waals surface area (Å²) >= 11 is 11.7. The number of benzene rings is 1. The number of carbonyl (C=O) groups is 2. The summed E-state index contributed by atoms with van der Waals surface area (Å²) in [5, 5.41) is 8.42. The van der Waals surface area contributed by atoms with Crippen LogP contribution >= 0.6 is 23.2 Å². The molecular formula is C13H12Cl2N4O2. The van der Waals surface area contributed by atoms with Crippen molar-refractivity contribution in [2.75, 3.05) is 0 Å². The summed E-state index contributed by atoms with van der Waals surface area (Å²) in [4.78, 5) is 23.1. The van der Waals surface area contributed by atoms with E-state index in [1.165, 1.54) is 6.21 Å². The fourth-order valence-electron chi connectivity index (χ4n) is 1.73. The maximum Gasteiger partial charge on any atom is 0.249 e. The van der Waals surface area contributed by atoms with E-state index in [0.29, 0.717) is 21.3 Å². The van der Waals surface area contributed by atoms with Crippen molar-refractivity contribution in [1.82, 2.24) is 10.9 Å². The Labute approximate surface area is 131 Å².